The highest BCUT2D eigenvalue weighted by atomic mass is 35.5. The molecule has 31 heavy (non-hydrogen) atoms. The fraction of sp³-hybridized carbons (Fsp3) is 0.273. The number of rotatable bonds is 4. The van der Waals surface area contributed by atoms with Crippen LogP contribution in [-0.2, 0) is 9.59 Å². The van der Waals surface area contributed by atoms with Crippen LogP contribution in [-0.4, -0.2) is 34.8 Å². The molecule has 1 aromatic carbocycles. The van der Waals surface area contributed by atoms with E-state index in [9.17, 15) is 24.3 Å². The normalized spacial score (nSPS) is 19.1. The van der Waals surface area contributed by atoms with E-state index in [0.29, 0.717) is 24.2 Å². The Labute approximate surface area is 182 Å². The van der Waals surface area contributed by atoms with Crippen LogP contribution in [0.2, 0.25) is 5.02 Å². The molecule has 8 nitrogen and oxygen atoms in total. The van der Waals surface area contributed by atoms with E-state index in [-0.39, 0.29) is 28.0 Å². The number of carbonyl (C=O) groups is 4. The molecule has 4 amide bonds. The van der Waals surface area contributed by atoms with Gasteiger partial charge in [-0.15, -0.1) is 0 Å². The highest BCUT2D eigenvalue weighted by Gasteiger charge is 2.40. The first kappa shape index (κ1) is 20.9. The first-order chi connectivity index (χ1) is 14.8. The lowest BCUT2D eigenvalue weighted by molar-refractivity contribution is -0.255. The molecule has 4 rings (SSSR count). The summed E-state index contributed by atoms with van der Waals surface area (Å²) in [4.78, 5) is 49.8. The van der Waals surface area contributed by atoms with Gasteiger partial charge in [0.05, 0.1) is 5.97 Å². The van der Waals surface area contributed by atoms with Gasteiger partial charge in [-0.1, -0.05) is 30.9 Å². The molecule has 1 N–H and O–H groups in total. The SMILES string of the molecule is O=C1NC(=O)N(C2CCCCC2)C(=O)/C1=C\c1ccc(-c2ccc(Cl)c(C(=O)[O-])c2)o1. The lowest BCUT2D eigenvalue weighted by atomic mass is 9.93. The summed E-state index contributed by atoms with van der Waals surface area (Å²) in [6.45, 7) is 0. The minimum absolute atomic E-state index is 0.0367. The molecule has 2 aliphatic rings. The number of hydrogen-bond acceptors (Lipinski definition) is 6. The molecule has 1 aliphatic heterocycles. The molecule has 1 aromatic heterocycles. The molecule has 1 saturated heterocycles. The number of halogens is 1. The monoisotopic (exact) mass is 441 g/mol. The summed E-state index contributed by atoms with van der Waals surface area (Å²) < 4.78 is 5.68. The standard InChI is InChI=1S/C22H19ClN2O6/c23-17-8-6-12(10-15(17)21(28)29)18-9-7-14(31-18)11-16-19(26)24-22(30)25(20(16)27)13-4-2-1-3-5-13/h6-11,13H,1-5H2,(H,28,29)(H,24,26,30)/p-1/b16-11-. The summed E-state index contributed by atoms with van der Waals surface area (Å²) in [5.74, 6) is -2.33. The smallest absolute Gasteiger partial charge is 0.331 e. The summed E-state index contributed by atoms with van der Waals surface area (Å²) in [6, 6.07) is 6.48. The molecule has 2 aromatic rings. The van der Waals surface area contributed by atoms with Crippen LogP contribution in [0.25, 0.3) is 17.4 Å². The van der Waals surface area contributed by atoms with Gasteiger partial charge in [0, 0.05) is 22.2 Å². The Morgan fingerprint density at radius 2 is 1.87 bits per heavy atom. The molecule has 1 aliphatic carbocycles. The Bertz CT molecular complexity index is 1110. The second-order valence-electron chi connectivity index (χ2n) is 7.47. The van der Waals surface area contributed by atoms with Gasteiger partial charge in [0.1, 0.15) is 17.1 Å². The minimum atomic E-state index is -1.42. The highest BCUT2D eigenvalue weighted by Crippen LogP contribution is 2.29. The van der Waals surface area contributed by atoms with Crippen LogP contribution >= 0.6 is 11.6 Å². The minimum Gasteiger partial charge on any atom is -0.545 e. The van der Waals surface area contributed by atoms with Gasteiger partial charge in [0.25, 0.3) is 11.8 Å². The van der Waals surface area contributed by atoms with Crippen molar-refractivity contribution < 1.29 is 28.7 Å². The van der Waals surface area contributed by atoms with Crippen molar-refractivity contribution in [3.05, 3.63) is 52.3 Å². The van der Waals surface area contributed by atoms with Gasteiger partial charge in [0.15, 0.2) is 0 Å². The second-order valence-corrected chi connectivity index (χ2v) is 7.88. The fourth-order valence-electron chi connectivity index (χ4n) is 3.90. The Morgan fingerprint density at radius 1 is 1.13 bits per heavy atom. The van der Waals surface area contributed by atoms with Crippen LogP contribution in [0.15, 0.2) is 40.3 Å². The number of carboxylic acids is 1. The van der Waals surface area contributed by atoms with Crippen LogP contribution in [0.4, 0.5) is 4.79 Å². The summed E-state index contributed by atoms with van der Waals surface area (Å²) in [6.07, 6.45) is 5.60. The van der Waals surface area contributed by atoms with Crippen LogP contribution in [0.5, 0.6) is 0 Å². The van der Waals surface area contributed by atoms with Crippen LogP contribution in [0.3, 0.4) is 0 Å². The quantitative estimate of drug-likeness (QED) is 0.575. The van der Waals surface area contributed by atoms with Crippen LogP contribution in [0.1, 0.15) is 48.2 Å². The summed E-state index contributed by atoms with van der Waals surface area (Å²) in [7, 11) is 0. The van der Waals surface area contributed by atoms with Crippen molar-refractivity contribution in [3.63, 3.8) is 0 Å². The molecular formula is C22H18ClN2O6-. The topological polar surface area (TPSA) is 120 Å². The van der Waals surface area contributed by atoms with E-state index in [0.717, 1.165) is 24.2 Å². The number of imide groups is 2. The van der Waals surface area contributed by atoms with Gasteiger partial charge in [-0.05, 0) is 49.2 Å². The van der Waals surface area contributed by atoms with Crippen LogP contribution in [0, 0.1) is 0 Å². The van der Waals surface area contributed by atoms with Crippen LogP contribution < -0.4 is 10.4 Å². The largest absolute Gasteiger partial charge is 0.545 e. The van der Waals surface area contributed by atoms with Crippen molar-refractivity contribution in [2.24, 2.45) is 0 Å². The van der Waals surface area contributed by atoms with Gasteiger partial charge in [-0.3, -0.25) is 19.8 Å². The number of hydrogen-bond donors (Lipinski definition) is 1. The Balaban J connectivity index is 1.62. The predicted molar refractivity (Wildman–Crippen MR) is 109 cm³/mol. The third-order valence-electron chi connectivity index (χ3n) is 5.46. The number of benzene rings is 1. The molecule has 0 atom stereocenters. The molecule has 0 spiro atoms. The average Bonchev–Trinajstić information content (AvgIpc) is 3.20. The zero-order valence-corrected chi connectivity index (χ0v) is 17.1. The lowest BCUT2D eigenvalue weighted by Crippen LogP contribution is -2.58. The van der Waals surface area contributed by atoms with Crippen molar-refractivity contribution in [2.45, 2.75) is 38.1 Å². The predicted octanol–water partition coefficient (Wildman–Crippen LogP) is 2.76. The van der Waals surface area contributed by atoms with E-state index in [1.54, 1.807) is 12.1 Å². The summed E-state index contributed by atoms with van der Waals surface area (Å²) in [5.41, 5.74) is 0.0585. The Hall–Kier alpha value is -3.39. The Morgan fingerprint density at radius 3 is 2.58 bits per heavy atom. The number of nitrogens with zero attached hydrogens (tertiary/aromatic N) is 1. The maximum atomic E-state index is 12.9. The summed E-state index contributed by atoms with van der Waals surface area (Å²) in [5, 5.41) is 13.4. The summed E-state index contributed by atoms with van der Waals surface area (Å²) >= 11 is 5.86. The third-order valence-corrected chi connectivity index (χ3v) is 5.79. The van der Waals surface area contributed by atoms with Crippen molar-refractivity contribution in [2.75, 3.05) is 0 Å². The molecule has 2 heterocycles. The Kier molecular flexibility index (Phi) is 5.65. The van der Waals surface area contributed by atoms with E-state index >= 15 is 0 Å². The van der Waals surface area contributed by atoms with Gasteiger partial charge in [0.2, 0.25) is 0 Å². The van der Waals surface area contributed by atoms with Gasteiger partial charge < -0.3 is 14.3 Å². The van der Waals surface area contributed by atoms with Gasteiger partial charge in [-0.2, -0.15) is 0 Å². The van der Waals surface area contributed by atoms with Crippen molar-refractivity contribution in [1.82, 2.24) is 10.2 Å². The molecule has 2 fully saturated rings. The molecule has 0 radical (unpaired) electrons. The second kappa shape index (κ2) is 8.39. The lowest BCUT2D eigenvalue weighted by Gasteiger charge is -2.35. The third kappa shape index (κ3) is 4.11. The van der Waals surface area contributed by atoms with Crippen molar-refractivity contribution >= 4 is 41.5 Å². The van der Waals surface area contributed by atoms with Crippen molar-refractivity contribution in [3.8, 4) is 11.3 Å². The molecule has 9 heteroatoms. The van der Waals surface area contributed by atoms with E-state index in [1.165, 1.54) is 24.3 Å². The average molecular weight is 442 g/mol. The van der Waals surface area contributed by atoms with E-state index < -0.39 is 23.8 Å². The molecule has 0 unspecified atom stereocenters. The molecule has 1 saturated carbocycles. The number of carbonyl (C=O) groups excluding carboxylic acids is 4. The molecule has 160 valence electrons. The number of nitrogens with one attached hydrogen (secondary N) is 1. The highest BCUT2D eigenvalue weighted by molar-refractivity contribution is 6.33. The zero-order chi connectivity index (χ0) is 22.1. The first-order valence-corrected chi connectivity index (χ1v) is 10.2. The number of urea groups is 1. The van der Waals surface area contributed by atoms with E-state index in [4.69, 9.17) is 16.0 Å². The van der Waals surface area contributed by atoms with Gasteiger partial charge >= 0.3 is 6.03 Å². The first-order valence-electron chi connectivity index (χ1n) is 9.87. The van der Waals surface area contributed by atoms with Crippen molar-refractivity contribution in [1.29, 1.82) is 0 Å². The number of carboxylic acid groups (broad SMARTS) is 1. The molecule has 0 bridgehead atoms. The van der Waals surface area contributed by atoms with Gasteiger partial charge in [-0.25, -0.2) is 4.79 Å². The maximum absolute atomic E-state index is 12.9. The zero-order valence-electron chi connectivity index (χ0n) is 16.4. The number of furan rings is 1. The number of aromatic carboxylic acids is 1. The van der Waals surface area contributed by atoms with E-state index in [1.807, 2.05) is 0 Å². The number of amides is 4. The maximum Gasteiger partial charge on any atom is 0.331 e. The fourth-order valence-corrected chi connectivity index (χ4v) is 4.10. The molecular weight excluding hydrogens is 424 g/mol. The van der Waals surface area contributed by atoms with E-state index in [2.05, 4.69) is 5.32 Å². The number of barbiturate groups is 1.